The molecule has 1 aromatic carbocycles. The van der Waals surface area contributed by atoms with Crippen LogP contribution in [0, 0.1) is 0 Å². The van der Waals surface area contributed by atoms with Gasteiger partial charge in [-0.15, -0.1) is 0 Å². The zero-order valence-electron chi connectivity index (χ0n) is 20.2. The van der Waals surface area contributed by atoms with Crippen LogP contribution in [0.15, 0.2) is 36.5 Å². The predicted molar refractivity (Wildman–Crippen MR) is 126 cm³/mol. The Bertz CT molecular complexity index is 1020. The van der Waals surface area contributed by atoms with Gasteiger partial charge in [0.15, 0.2) is 0 Å². The molecule has 2 rings (SSSR count). The number of rotatable bonds is 9. The number of carbonyl (C=O) groups is 4. The third kappa shape index (κ3) is 8.97. The SMILES string of the molecule is CCNC(=O)Cc1ccc(COC(=O)CNC(=O)c2cc(NC(=O)OC(C)(C)C)cn2C)cc1. The van der Waals surface area contributed by atoms with Gasteiger partial charge in [-0.05, 0) is 44.9 Å². The van der Waals surface area contributed by atoms with Gasteiger partial charge in [0, 0.05) is 19.8 Å². The summed E-state index contributed by atoms with van der Waals surface area (Å²) in [6.45, 7) is 7.42. The van der Waals surface area contributed by atoms with E-state index in [-0.39, 0.29) is 31.2 Å². The van der Waals surface area contributed by atoms with Gasteiger partial charge in [-0.25, -0.2) is 4.79 Å². The maximum Gasteiger partial charge on any atom is 0.412 e. The normalized spacial score (nSPS) is 10.9. The van der Waals surface area contributed by atoms with E-state index in [0.29, 0.717) is 12.2 Å². The number of aryl methyl sites for hydroxylation is 1. The molecule has 0 bridgehead atoms. The predicted octanol–water partition coefficient (Wildman–Crippen LogP) is 2.52. The van der Waals surface area contributed by atoms with Crippen LogP contribution in [0.2, 0.25) is 0 Å². The largest absolute Gasteiger partial charge is 0.460 e. The number of carbonyl (C=O) groups excluding carboxylic acids is 4. The lowest BCUT2D eigenvalue weighted by molar-refractivity contribution is -0.143. The van der Waals surface area contributed by atoms with E-state index in [2.05, 4.69) is 16.0 Å². The highest BCUT2D eigenvalue weighted by Gasteiger charge is 2.18. The number of nitrogens with zero attached hydrogens (tertiary/aromatic N) is 1. The number of benzene rings is 1. The highest BCUT2D eigenvalue weighted by molar-refractivity contribution is 5.96. The third-order valence-electron chi connectivity index (χ3n) is 4.44. The van der Waals surface area contributed by atoms with Crippen molar-refractivity contribution in [3.63, 3.8) is 0 Å². The quantitative estimate of drug-likeness (QED) is 0.481. The molecule has 0 spiro atoms. The molecule has 0 atom stereocenters. The molecule has 3 amide bonds. The molecule has 0 aliphatic heterocycles. The first kappa shape index (κ1) is 26.4. The Labute approximate surface area is 199 Å². The molecular weight excluding hydrogens is 440 g/mol. The standard InChI is InChI=1S/C24H32N4O6/c1-6-25-20(29)11-16-7-9-17(10-8-16)15-33-21(30)13-26-22(31)19-12-18(14-28(19)5)27-23(32)34-24(2,3)4/h7-10,12,14H,6,11,13,15H2,1-5H3,(H,25,29)(H,26,31)(H,27,32). The Balaban J connectivity index is 1.79. The van der Waals surface area contributed by atoms with Crippen LogP contribution >= 0.6 is 0 Å². The van der Waals surface area contributed by atoms with Gasteiger partial charge in [0.1, 0.15) is 24.4 Å². The zero-order chi connectivity index (χ0) is 25.3. The lowest BCUT2D eigenvalue weighted by atomic mass is 10.1. The number of likely N-dealkylation sites (N-methyl/N-ethyl adjacent to an activating group) is 1. The van der Waals surface area contributed by atoms with Crippen molar-refractivity contribution in [3.8, 4) is 0 Å². The van der Waals surface area contributed by atoms with E-state index in [1.165, 1.54) is 10.6 Å². The molecule has 10 nitrogen and oxygen atoms in total. The van der Waals surface area contributed by atoms with Gasteiger partial charge in [0.05, 0.1) is 12.1 Å². The van der Waals surface area contributed by atoms with Gasteiger partial charge >= 0.3 is 12.1 Å². The van der Waals surface area contributed by atoms with Crippen molar-refractivity contribution in [2.24, 2.45) is 7.05 Å². The number of aromatic nitrogens is 1. The summed E-state index contributed by atoms with van der Waals surface area (Å²) in [5.41, 5.74) is 1.62. The van der Waals surface area contributed by atoms with E-state index in [9.17, 15) is 19.2 Å². The van der Waals surface area contributed by atoms with Crippen LogP contribution < -0.4 is 16.0 Å². The van der Waals surface area contributed by atoms with Crippen molar-refractivity contribution in [2.75, 3.05) is 18.4 Å². The second kappa shape index (κ2) is 11.9. The third-order valence-corrected chi connectivity index (χ3v) is 4.44. The first-order valence-corrected chi connectivity index (χ1v) is 10.9. The molecule has 0 saturated heterocycles. The summed E-state index contributed by atoms with van der Waals surface area (Å²) in [6.07, 6.45) is 1.21. The van der Waals surface area contributed by atoms with Crippen LogP contribution in [0.5, 0.6) is 0 Å². The summed E-state index contributed by atoms with van der Waals surface area (Å²) in [7, 11) is 1.64. The Hall–Kier alpha value is -3.82. The van der Waals surface area contributed by atoms with Crippen molar-refractivity contribution in [3.05, 3.63) is 53.3 Å². The van der Waals surface area contributed by atoms with Crippen molar-refractivity contribution in [1.82, 2.24) is 15.2 Å². The Morgan fingerprint density at radius 3 is 2.26 bits per heavy atom. The molecule has 0 fully saturated rings. The van der Waals surface area contributed by atoms with Crippen LogP contribution in [0.25, 0.3) is 0 Å². The molecule has 34 heavy (non-hydrogen) atoms. The summed E-state index contributed by atoms with van der Waals surface area (Å²) in [5.74, 6) is -1.14. The molecule has 10 heteroatoms. The van der Waals surface area contributed by atoms with Gasteiger partial charge in [-0.1, -0.05) is 24.3 Å². The fourth-order valence-electron chi connectivity index (χ4n) is 2.94. The summed E-state index contributed by atoms with van der Waals surface area (Å²) in [5, 5.41) is 7.80. The number of hydrogen-bond acceptors (Lipinski definition) is 6. The lowest BCUT2D eigenvalue weighted by Gasteiger charge is -2.19. The molecule has 1 heterocycles. The zero-order valence-corrected chi connectivity index (χ0v) is 20.2. The maximum absolute atomic E-state index is 12.4. The van der Waals surface area contributed by atoms with E-state index in [4.69, 9.17) is 9.47 Å². The van der Waals surface area contributed by atoms with Crippen LogP contribution in [0.3, 0.4) is 0 Å². The van der Waals surface area contributed by atoms with Crippen molar-refractivity contribution < 1.29 is 28.7 Å². The number of ether oxygens (including phenoxy) is 2. The summed E-state index contributed by atoms with van der Waals surface area (Å²) >= 11 is 0. The Morgan fingerprint density at radius 1 is 1.00 bits per heavy atom. The average molecular weight is 473 g/mol. The van der Waals surface area contributed by atoms with E-state index >= 15 is 0 Å². The monoisotopic (exact) mass is 472 g/mol. The lowest BCUT2D eigenvalue weighted by Crippen LogP contribution is -2.31. The van der Waals surface area contributed by atoms with Gasteiger partial charge in [0.2, 0.25) is 5.91 Å². The van der Waals surface area contributed by atoms with Gasteiger partial charge < -0.3 is 24.7 Å². The van der Waals surface area contributed by atoms with Crippen molar-refractivity contribution >= 4 is 29.6 Å². The van der Waals surface area contributed by atoms with Crippen molar-refractivity contribution in [1.29, 1.82) is 0 Å². The molecule has 0 aliphatic rings. The molecule has 3 N–H and O–H groups in total. The summed E-state index contributed by atoms with van der Waals surface area (Å²) < 4.78 is 11.9. The fourth-order valence-corrected chi connectivity index (χ4v) is 2.94. The highest BCUT2D eigenvalue weighted by Crippen LogP contribution is 2.15. The Kier molecular flexibility index (Phi) is 9.23. The van der Waals surface area contributed by atoms with E-state index in [0.717, 1.165) is 11.1 Å². The van der Waals surface area contributed by atoms with Gasteiger partial charge in [-0.2, -0.15) is 0 Å². The second-order valence-electron chi connectivity index (χ2n) is 8.64. The minimum Gasteiger partial charge on any atom is -0.460 e. The van der Waals surface area contributed by atoms with Gasteiger partial charge in [-0.3, -0.25) is 19.7 Å². The molecule has 0 saturated carbocycles. The first-order valence-electron chi connectivity index (χ1n) is 10.9. The molecule has 2 aromatic rings. The molecule has 0 unspecified atom stereocenters. The molecule has 0 aliphatic carbocycles. The number of anilines is 1. The number of nitrogens with one attached hydrogen (secondary N) is 3. The minimum absolute atomic E-state index is 0.0459. The van der Waals surface area contributed by atoms with Crippen LogP contribution in [-0.2, 0) is 39.1 Å². The van der Waals surface area contributed by atoms with E-state index in [1.807, 2.05) is 6.92 Å². The molecule has 1 aromatic heterocycles. The van der Waals surface area contributed by atoms with Crippen molar-refractivity contribution in [2.45, 2.75) is 46.3 Å². The Morgan fingerprint density at radius 2 is 1.65 bits per heavy atom. The maximum atomic E-state index is 12.4. The molecule has 0 radical (unpaired) electrons. The second-order valence-corrected chi connectivity index (χ2v) is 8.64. The number of hydrogen-bond donors (Lipinski definition) is 3. The number of esters is 1. The molecular formula is C24H32N4O6. The van der Waals surface area contributed by atoms with Crippen LogP contribution in [0.1, 0.15) is 49.3 Å². The fraction of sp³-hybridized carbons (Fsp3) is 0.417. The van der Waals surface area contributed by atoms with E-state index in [1.54, 1.807) is 58.3 Å². The summed E-state index contributed by atoms with van der Waals surface area (Å²) in [6, 6.07) is 8.65. The van der Waals surface area contributed by atoms with Crippen LogP contribution in [0.4, 0.5) is 10.5 Å². The number of amides is 3. The average Bonchev–Trinajstić information content (AvgIpc) is 3.10. The highest BCUT2D eigenvalue weighted by atomic mass is 16.6. The summed E-state index contributed by atoms with van der Waals surface area (Å²) in [4.78, 5) is 48.0. The van der Waals surface area contributed by atoms with Gasteiger partial charge in [0.25, 0.3) is 5.91 Å². The van der Waals surface area contributed by atoms with E-state index < -0.39 is 23.6 Å². The minimum atomic E-state index is -0.646. The smallest absolute Gasteiger partial charge is 0.412 e. The van der Waals surface area contributed by atoms with Crippen LogP contribution in [-0.4, -0.2) is 47.1 Å². The molecule has 184 valence electrons. The topological polar surface area (TPSA) is 128 Å². The first-order chi connectivity index (χ1) is 16.0.